The number of hydrogen-bond acceptors (Lipinski definition) is 3. The van der Waals surface area contributed by atoms with E-state index in [0.29, 0.717) is 5.82 Å². The van der Waals surface area contributed by atoms with Gasteiger partial charge in [-0.25, -0.2) is 15.0 Å². The number of hydrogen-bond donors (Lipinski definition) is 0. The largest absolute Gasteiger partial charge is 0.292 e. The molecule has 12 aromatic rings. The van der Waals surface area contributed by atoms with E-state index in [-0.39, 0.29) is 0 Å². The minimum Gasteiger partial charge on any atom is -0.292 e. The molecule has 316 valence electrons. The van der Waals surface area contributed by atoms with Gasteiger partial charge in [-0.3, -0.25) is 4.57 Å². The van der Waals surface area contributed by atoms with E-state index in [4.69, 9.17) is 15.0 Å². The van der Waals surface area contributed by atoms with Gasteiger partial charge in [0.05, 0.1) is 22.0 Å². The van der Waals surface area contributed by atoms with E-state index < -0.39 is 5.41 Å². The van der Waals surface area contributed by atoms with E-state index in [1.54, 1.807) is 0 Å². The molecule has 2 heterocycles. The Morgan fingerprint density at radius 3 is 1.57 bits per heavy atom. The van der Waals surface area contributed by atoms with Crippen molar-refractivity contribution >= 4 is 21.9 Å². The number of benzene rings is 10. The minimum atomic E-state index is -0.551. The third-order valence-electron chi connectivity index (χ3n) is 14.3. The van der Waals surface area contributed by atoms with Crippen molar-refractivity contribution in [3.05, 3.63) is 265 Å². The molecular formula is C64H40N4. The topological polar surface area (TPSA) is 43.6 Å². The molecule has 0 saturated carbocycles. The van der Waals surface area contributed by atoms with E-state index in [2.05, 4.69) is 223 Å². The summed E-state index contributed by atoms with van der Waals surface area (Å²) in [4.78, 5) is 15.4. The average Bonchev–Trinajstić information content (AvgIpc) is 4.06. The molecule has 0 amide bonds. The van der Waals surface area contributed by atoms with Crippen molar-refractivity contribution in [2.45, 2.75) is 5.41 Å². The van der Waals surface area contributed by atoms with E-state index in [0.717, 1.165) is 66.8 Å². The van der Waals surface area contributed by atoms with E-state index >= 15 is 0 Å². The number of nitrogens with zero attached hydrogens (tertiary/aromatic N) is 4. The van der Waals surface area contributed by atoms with Gasteiger partial charge in [-0.2, -0.15) is 0 Å². The van der Waals surface area contributed by atoms with Crippen LogP contribution in [0, 0.1) is 0 Å². The Bertz CT molecular complexity index is 3970. The zero-order valence-electron chi connectivity index (χ0n) is 36.9. The molecule has 2 aliphatic carbocycles. The summed E-state index contributed by atoms with van der Waals surface area (Å²) in [5, 5.41) is 1.02. The van der Waals surface area contributed by atoms with Crippen LogP contribution in [0.3, 0.4) is 0 Å². The first-order chi connectivity index (χ1) is 33.7. The Labute approximate surface area is 394 Å². The maximum absolute atomic E-state index is 5.26. The Morgan fingerprint density at radius 2 is 0.868 bits per heavy atom. The highest BCUT2D eigenvalue weighted by Crippen LogP contribution is 2.65. The molecule has 1 atom stereocenters. The molecule has 0 bridgehead atoms. The Kier molecular flexibility index (Phi) is 8.46. The summed E-state index contributed by atoms with van der Waals surface area (Å²) in [5.41, 5.74) is 22.7. The Balaban J connectivity index is 0.986. The zero-order valence-corrected chi connectivity index (χ0v) is 36.9. The van der Waals surface area contributed by atoms with Gasteiger partial charge >= 0.3 is 0 Å². The number of rotatable bonds is 6. The highest BCUT2D eigenvalue weighted by atomic mass is 15.1. The molecule has 2 aliphatic rings. The molecule has 1 unspecified atom stereocenters. The maximum Gasteiger partial charge on any atom is 0.159 e. The molecule has 4 heteroatoms. The Hall–Kier alpha value is -8.99. The first kappa shape index (κ1) is 38.3. The van der Waals surface area contributed by atoms with Crippen LogP contribution in [0.4, 0.5) is 0 Å². The quantitative estimate of drug-likeness (QED) is 0.167. The lowest BCUT2D eigenvalue weighted by Crippen LogP contribution is -2.25. The monoisotopic (exact) mass is 864 g/mol. The van der Waals surface area contributed by atoms with Crippen LogP contribution in [0.15, 0.2) is 243 Å². The molecule has 1 spiro atoms. The van der Waals surface area contributed by atoms with Crippen molar-refractivity contribution in [3.63, 3.8) is 0 Å². The second-order valence-electron chi connectivity index (χ2n) is 17.9. The summed E-state index contributed by atoms with van der Waals surface area (Å²) in [6.45, 7) is 0. The van der Waals surface area contributed by atoms with Gasteiger partial charge in [0.2, 0.25) is 0 Å². The summed E-state index contributed by atoms with van der Waals surface area (Å²) < 4.78 is 2.28. The molecule has 10 aromatic carbocycles. The van der Waals surface area contributed by atoms with Crippen LogP contribution in [0.1, 0.15) is 22.3 Å². The van der Waals surface area contributed by atoms with E-state index in [1.807, 2.05) is 24.4 Å². The highest BCUT2D eigenvalue weighted by molar-refractivity contribution is 6.05. The van der Waals surface area contributed by atoms with Crippen molar-refractivity contribution in [2.24, 2.45) is 0 Å². The number of para-hydroxylation sites is 3. The lowest BCUT2D eigenvalue weighted by molar-refractivity contribution is 0.794. The van der Waals surface area contributed by atoms with Crippen molar-refractivity contribution in [1.29, 1.82) is 0 Å². The van der Waals surface area contributed by atoms with Crippen LogP contribution >= 0.6 is 0 Å². The van der Waals surface area contributed by atoms with Gasteiger partial charge in [-0.1, -0.05) is 194 Å². The summed E-state index contributed by atoms with van der Waals surface area (Å²) in [6, 6.07) is 85.5. The lowest BCUT2D eigenvalue weighted by atomic mass is 9.70. The third kappa shape index (κ3) is 5.58. The lowest BCUT2D eigenvalue weighted by Gasteiger charge is -2.30. The third-order valence-corrected chi connectivity index (χ3v) is 14.3. The number of imidazole rings is 1. The van der Waals surface area contributed by atoms with Crippen molar-refractivity contribution in [3.8, 4) is 84.1 Å². The van der Waals surface area contributed by atoms with Gasteiger partial charge in [0, 0.05) is 28.4 Å². The van der Waals surface area contributed by atoms with Gasteiger partial charge in [0.15, 0.2) is 5.82 Å². The fourth-order valence-corrected chi connectivity index (χ4v) is 11.5. The second kappa shape index (κ2) is 15.0. The molecule has 2 aromatic heterocycles. The summed E-state index contributed by atoms with van der Waals surface area (Å²) >= 11 is 0. The summed E-state index contributed by atoms with van der Waals surface area (Å²) in [5.74, 6) is 1.63. The highest BCUT2D eigenvalue weighted by Gasteiger charge is 2.52. The van der Waals surface area contributed by atoms with E-state index in [9.17, 15) is 0 Å². The van der Waals surface area contributed by atoms with Crippen LogP contribution in [0.2, 0.25) is 0 Å². The fraction of sp³-hybridized carbons (Fsp3) is 0.0156. The number of fused-ring (bicyclic) bond motifs is 12. The van der Waals surface area contributed by atoms with Crippen LogP contribution in [0.5, 0.6) is 0 Å². The molecule has 68 heavy (non-hydrogen) atoms. The summed E-state index contributed by atoms with van der Waals surface area (Å²) in [7, 11) is 0. The van der Waals surface area contributed by atoms with Crippen LogP contribution in [-0.4, -0.2) is 19.5 Å². The zero-order chi connectivity index (χ0) is 44.8. The number of aromatic nitrogens is 4. The molecule has 0 N–H and O–H groups in total. The molecule has 0 fully saturated rings. The Morgan fingerprint density at radius 1 is 0.338 bits per heavy atom. The predicted octanol–water partition coefficient (Wildman–Crippen LogP) is 15.6. The predicted molar refractivity (Wildman–Crippen MR) is 278 cm³/mol. The van der Waals surface area contributed by atoms with Crippen LogP contribution in [-0.2, 0) is 5.41 Å². The SMILES string of the molecule is c1ccc(-c2ncc3c(-c4ccccc4)cc(-c4cccc5c4-c4ccccc4C54c5ccccc5-c5c(-c6cccc(-c7nc8ccccc8n7-c7ccccc7)c6)cccc54)cc3n2)cc1. The molecular weight excluding hydrogens is 825 g/mol. The van der Waals surface area contributed by atoms with Crippen molar-refractivity contribution in [1.82, 2.24) is 19.5 Å². The minimum absolute atomic E-state index is 0.551. The van der Waals surface area contributed by atoms with Gasteiger partial charge in [0.25, 0.3) is 0 Å². The van der Waals surface area contributed by atoms with Crippen molar-refractivity contribution in [2.75, 3.05) is 0 Å². The molecule has 0 saturated heterocycles. The normalized spacial score (nSPS) is 14.2. The molecule has 0 radical (unpaired) electrons. The van der Waals surface area contributed by atoms with Crippen LogP contribution < -0.4 is 0 Å². The van der Waals surface area contributed by atoms with Gasteiger partial charge < -0.3 is 0 Å². The van der Waals surface area contributed by atoms with Crippen molar-refractivity contribution < 1.29 is 0 Å². The molecule has 4 nitrogen and oxygen atoms in total. The summed E-state index contributed by atoms with van der Waals surface area (Å²) in [6.07, 6.45) is 2.00. The van der Waals surface area contributed by atoms with Gasteiger partial charge in [-0.05, 0) is 120 Å². The second-order valence-corrected chi connectivity index (χ2v) is 17.9. The van der Waals surface area contributed by atoms with E-state index in [1.165, 1.54) is 55.6 Å². The molecule has 0 aliphatic heterocycles. The average molecular weight is 865 g/mol. The van der Waals surface area contributed by atoms with Gasteiger partial charge in [0.1, 0.15) is 5.82 Å². The molecule has 14 rings (SSSR count). The first-order valence-electron chi connectivity index (χ1n) is 23.3. The van der Waals surface area contributed by atoms with Crippen LogP contribution in [0.25, 0.3) is 106 Å². The van der Waals surface area contributed by atoms with Gasteiger partial charge in [-0.15, -0.1) is 0 Å². The first-order valence-corrected chi connectivity index (χ1v) is 23.3. The standard InChI is InChI=1S/C64H40N4/c1-4-19-41(20-5-1)51-38-45(39-58-52(51)40-65-62(66-58)42-21-6-2-7-22-42)48-30-18-34-56-61(48)50-28-11-13-32-54(50)64(56)53-31-12-10-27-49(53)60-47(29-17-33-55(60)64)43-23-16-24-44(37-43)63-67-57-35-14-15-36-59(57)68(63)46-25-8-3-9-26-46/h1-40H. The fourth-order valence-electron chi connectivity index (χ4n) is 11.5. The smallest absolute Gasteiger partial charge is 0.159 e. The maximum atomic E-state index is 5.26.